The molecule has 1 aliphatic carbocycles. The third kappa shape index (κ3) is 15.9. The number of hydrogen-bond acceptors (Lipinski definition) is 18. The van der Waals surface area contributed by atoms with Crippen LogP contribution in [0.1, 0.15) is 138 Å². The van der Waals surface area contributed by atoms with Crippen LogP contribution in [0.25, 0.3) is 0 Å². The summed E-state index contributed by atoms with van der Waals surface area (Å²) in [6.07, 6.45) is 8.33. The van der Waals surface area contributed by atoms with Crippen LogP contribution in [0.15, 0.2) is 108 Å². The number of methoxy groups -OCH3 is 2. The van der Waals surface area contributed by atoms with Gasteiger partial charge < -0.3 is 72.2 Å². The van der Waals surface area contributed by atoms with Crippen LogP contribution in [0.2, 0.25) is 5.02 Å². The summed E-state index contributed by atoms with van der Waals surface area (Å²) in [5.74, 6) is -2.63. The fourth-order valence-corrected chi connectivity index (χ4v) is 12.8. The Labute approximate surface area is 518 Å². The number of carbonyl (C=O) groups is 3. The molecule has 7 aliphatic rings. The second kappa shape index (κ2) is 29.1. The van der Waals surface area contributed by atoms with Gasteiger partial charge in [-0.15, -0.1) is 0 Å². The van der Waals surface area contributed by atoms with Gasteiger partial charge in [0.05, 0.1) is 55.4 Å². The molecule has 2 bridgehead atoms. The molecule has 0 amide bonds. The summed E-state index contributed by atoms with van der Waals surface area (Å²) in [4.78, 5) is 38.8. The molecule has 4 fully saturated rings. The number of carbonyl (C=O) groups excluding carboxylic acids is 3. The summed E-state index contributed by atoms with van der Waals surface area (Å²) < 4.78 is 74.6. The zero-order chi connectivity index (χ0) is 63.3. The average molecular weight is 1230 g/mol. The molecule has 4 saturated heterocycles. The number of esters is 2. The number of fused-ring (bicyclic) bond motifs is 2. The first-order valence-electron chi connectivity index (χ1n) is 30.9. The van der Waals surface area contributed by atoms with Gasteiger partial charge >= 0.3 is 11.9 Å². The highest BCUT2D eigenvalue weighted by Gasteiger charge is 2.60. The summed E-state index contributed by atoms with van der Waals surface area (Å²) in [5.41, 5.74) is 0.0943. The largest absolute Gasteiger partial charge is 0.476 e. The van der Waals surface area contributed by atoms with Crippen LogP contribution in [0, 0.1) is 23.7 Å². The van der Waals surface area contributed by atoms with E-state index in [1.54, 1.807) is 116 Å². The Morgan fingerprint density at radius 1 is 0.816 bits per heavy atom. The molecule has 0 saturated carbocycles. The fraction of sp³-hybridized carbons (Fsp3) is 0.632. The molecule has 2 aromatic rings. The van der Waals surface area contributed by atoms with Gasteiger partial charge in [0.25, 0.3) is 0 Å². The van der Waals surface area contributed by atoms with Crippen molar-refractivity contribution in [3.8, 4) is 5.75 Å². The van der Waals surface area contributed by atoms with Gasteiger partial charge in [0, 0.05) is 67.9 Å². The van der Waals surface area contributed by atoms with E-state index in [0.717, 1.165) is 12.0 Å². The minimum atomic E-state index is -1.84. The van der Waals surface area contributed by atoms with E-state index in [1.807, 2.05) is 32.1 Å². The predicted octanol–water partition coefficient (Wildman–Crippen LogP) is 10.1. The topological polar surface area (TPSA) is 223 Å². The summed E-state index contributed by atoms with van der Waals surface area (Å²) >= 11 is 5.84. The van der Waals surface area contributed by atoms with Crippen molar-refractivity contribution in [2.45, 2.75) is 231 Å². The van der Waals surface area contributed by atoms with E-state index < -0.39 is 102 Å². The van der Waals surface area contributed by atoms with Crippen molar-refractivity contribution >= 4 is 29.3 Å². The minimum Gasteiger partial charge on any atom is -0.476 e. The lowest BCUT2D eigenvalue weighted by Gasteiger charge is -2.48. The minimum absolute atomic E-state index is 0.0317. The van der Waals surface area contributed by atoms with E-state index in [1.165, 1.54) is 0 Å². The van der Waals surface area contributed by atoms with Crippen molar-refractivity contribution in [3.05, 3.63) is 124 Å². The summed E-state index contributed by atoms with van der Waals surface area (Å²) in [6.45, 7) is 22.9. The number of rotatable bonds is 14. The summed E-state index contributed by atoms with van der Waals surface area (Å²) in [7, 11) is 3.22. The molecule has 480 valence electrons. The number of benzene rings is 2. The Hall–Kier alpha value is -4.64. The van der Waals surface area contributed by atoms with Crippen LogP contribution in [-0.2, 0) is 61.7 Å². The van der Waals surface area contributed by atoms with E-state index in [0.29, 0.717) is 65.1 Å². The molecule has 2 aromatic carbocycles. The Kier molecular flexibility index (Phi) is 22.8. The van der Waals surface area contributed by atoms with Gasteiger partial charge in [-0.1, -0.05) is 82.2 Å². The van der Waals surface area contributed by atoms with E-state index in [-0.39, 0.29) is 54.6 Å². The molecule has 18 nitrogen and oxygen atoms in total. The van der Waals surface area contributed by atoms with E-state index in [2.05, 4.69) is 39.8 Å². The third-order valence-corrected chi connectivity index (χ3v) is 18.2. The van der Waals surface area contributed by atoms with Crippen molar-refractivity contribution in [1.82, 2.24) is 0 Å². The number of allylic oxidation sites excluding steroid dienone is 2. The first-order valence-corrected chi connectivity index (χ1v) is 31.2. The summed E-state index contributed by atoms with van der Waals surface area (Å²) in [6, 6.07) is 13.4. The highest BCUT2D eigenvalue weighted by molar-refractivity contribution is 6.30. The zero-order valence-electron chi connectivity index (χ0n) is 52.9. The highest BCUT2D eigenvalue weighted by atomic mass is 35.5. The number of ether oxygens (including phenoxy) is 12. The van der Waals surface area contributed by atoms with Crippen LogP contribution in [0.3, 0.4) is 0 Å². The van der Waals surface area contributed by atoms with Crippen LogP contribution < -0.4 is 4.74 Å². The molecule has 20 atom stereocenters. The number of hydrogen-bond donors (Lipinski definition) is 3. The second-order valence-corrected chi connectivity index (χ2v) is 25.8. The van der Waals surface area contributed by atoms with E-state index in [4.69, 9.17) is 68.4 Å². The Bertz CT molecular complexity index is 2830. The maximum Gasteiger partial charge on any atom is 0.350 e. The molecule has 0 radical (unpaired) electrons. The van der Waals surface area contributed by atoms with Crippen LogP contribution in [0.5, 0.6) is 5.75 Å². The van der Waals surface area contributed by atoms with Crippen molar-refractivity contribution in [3.63, 3.8) is 0 Å². The maximum absolute atomic E-state index is 14.3. The van der Waals surface area contributed by atoms with Gasteiger partial charge in [0.1, 0.15) is 47.8 Å². The lowest BCUT2D eigenvalue weighted by Crippen LogP contribution is -2.58. The normalized spacial score (nSPS) is 36.7. The number of aliphatic hydroxyl groups excluding tert-OH is 2. The molecule has 20 unspecified atom stereocenters. The zero-order valence-corrected chi connectivity index (χ0v) is 53.7. The van der Waals surface area contributed by atoms with Crippen molar-refractivity contribution in [2.75, 3.05) is 20.8 Å². The molecule has 9 rings (SSSR count). The number of ketones is 1. The van der Waals surface area contributed by atoms with Gasteiger partial charge in [-0.25, -0.2) is 4.79 Å². The Balaban J connectivity index is 0.000000328. The summed E-state index contributed by atoms with van der Waals surface area (Å²) in [5, 5.41) is 34.8. The monoisotopic (exact) mass is 1230 g/mol. The van der Waals surface area contributed by atoms with Crippen molar-refractivity contribution < 1.29 is 86.5 Å². The number of halogens is 1. The first kappa shape index (κ1) is 68.3. The Morgan fingerprint density at radius 3 is 2.11 bits per heavy atom. The van der Waals surface area contributed by atoms with Crippen molar-refractivity contribution in [2.24, 2.45) is 23.7 Å². The van der Waals surface area contributed by atoms with Gasteiger partial charge in [-0.3, -0.25) is 9.59 Å². The van der Waals surface area contributed by atoms with Crippen LogP contribution in [-0.4, -0.2) is 163 Å². The average Bonchev–Trinajstić information content (AvgIpc) is 1.67. The molecular weight excluding hydrogens is 1140 g/mol. The Morgan fingerprint density at radius 2 is 1.46 bits per heavy atom. The molecule has 3 N–H and O–H groups in total. The second-order valence-electron chi connectivity index (χ2n) is 25.4. The molecule has 0 aromatic heterocycles. The predicted molar refractivity (Wildman–Crippen MR) is 325 cm³/mol. The van der Waals surface area contributed by atoms with E-state index in [9.17, 15) is 29.7 Å². The lowest BCUT2D eigenvalue weighted by atomic mass is 9.71. The lowest BCUT2D eigenvalue weighted by molar-refractivity contribution is -0.318. The molecule has 6 aliphatic heterocycles. The van der Waals surface area contributed by atoms with Gasteiger partial charge in [-0.2, -0.15) is 0 Å². The highest BCUT2D eigenvalue weighted by Crippen LogP contribution is 2.47. The van der Waals surface area contributed by atoms with Gasteiger partial charge in [0.15, 0.2) is 29.8 Å². The smallest absolute Gasteiger partial charge is 0.350 e. The standard InChI is InChI=1S/C48H72O14.C20H21ClO4/c1-11-25(2)43-28(5)17-18-47(62-43)23-34-20-33(61-47)16-15-27(4)42(26(3)13-12-14-32-24-55-45-40(49)29(6)19-35(46(51)58-34)48(32,45)52)59-39-22-37(54-10)44(31(8)57-39)60-38-21-36(53-9)41(50)30(7)56-38;1-13(2)24-19(23)20(3,4)25-17-11-7-15(8-12-17)18(22)14-5-9-16(21)10-6-14/h12-15,17-19,25-26,28,30-31,33-45,49-50,52H,11,16,20-24H2,1-10H3;5-13H,1-4H3. The molecule has 87 heavy (non-hydrogen) atoms. The first-order chi connectivity index (χ1) is 41.2. The quantitative estimate of drug-likeness (QED) is 0.0909. The van der Waals surface area contributed by atoms with Crippen molar-refractivity contribution in [1.29, 1.82) is 0 Å². The van der Waals surface area contributed by atoms with Crippen LogP contribution >= 0.6 is 11.6 Å². The molecule has 6 heterocycles. The van der Waals surface area contributed by atoms with Gasteiger partial charge in [0.2, 0.25) is 0 Å². The molecular formula is C68H93ClO18. The molecule has 19 heteroatoms. The van der Waals surface area contributed by atoms with E-state index >= 15 is 0 Å². The number of aliphatic hydroxyl groups is 3. The maximum atomic E-state index is 14.3. The third-order valence-electron chi connectivity index (χ3n) is 17.9. The molecule has 1 spiro atoms. The SMILES string of the molecule is CC(C)OC(=O)C(C)(C)Oc1ccc(C(=O)c2ccc(Cl)cc2)cc1.CCC(C)C1OC2(C=CC1C)CC1CC(CC=C(C)C(OC3CC(OC)C(OC4CC(OC)C(O)C(C)O4)C(C)O3)C(C)C=CC=C3COC4C(O)C(C)=CC(C(=O)O1)C34O)O2. The van der Waals surface area contributed by atoms with Crippen LogP contribution in [0.4, 0.5) is 0 Å². The van der Waals surface area contributed by atoms with Gasteiger partial charge in [-0.05, 0) is 139 Å². The fourth-order valence-electron chi connectivity index (χ4n) is 12.7.